The second kappa shape index (κ2) is 11.8. The molecule has 2 aromatic heterocycles. The molecule has 2 N–H and O–H groups in total. The maximum Gasteiger partial charge on any atom is 0.416 e. The van der Waals surface area contributed by atoms with Gasteiger partial charge in [-0.25, -0.2) is 19.7 Å². The molecule has 0 spiro atoms. The molecule has 15 heteroatoms. The zero-order valence-electron chi connectivity index (χ0n) is 24.4. The number of alkyl halides is 6. The van der Waals surface area contributed by atoms with E-state index >= 15 is 0 Å². The topological polar surface area (TPSA) is 103 Å². The number of ether oxygens (including phenoxy) is 2. The largest absolute Gasteiger partial charge is 0.481 e. The minimum atomic E-state index is -4.99. The molecule has 4 rings (SSSR count). The number of anilines is 1. The van der Waals surface area contributed by atoms with Crippen LogP contribution in [0.15, 0.2) is 41.0 Å². The van der Waals surface area contributed by atoms with Crippen LogP contribution in [0, 0.1) is 0 Å². The van der Waals surface area contributed by atoms with Crippen LogP contribution in [0.3, 0.4) is 0 Å². The SMILES string of the molecule is CC[C@]1(N)C[C@H](c2ncc(Br)c(Cc3cc(C(F)(F)F)cc(C(F)(F)F)c3)n2)c2nc(OC)ccc2N1C(=O)OC(C)(C)C. The maximum absolute atomic E-state index is 13.5. The highest BCUT2D eigenvalue weighted by atomic mass is 79.9. The van der Waals surface area contributed by atoms with Crippen molar-refractivity contribution >= 4 is 27.7 Å². The molecule has 0 aliphatic carbocycles. The van der Waals surface area contributed by atoms with E-state index in [9.17, 15) is 31.1 Å². The van der Waals surface area contributed by atoms with Crippen LogP contribution < -0.4 is 15.4 Å². The maximum atomic E-state index is 13.5. The van der Waals surface area contributed by atoms with E-state index in [1.165, 1.54) is 18.2 Å². The Hall–Kier alpha value is -3.46. The fraction of sp³-hybridized carbons (Fsp3) is 0.448. The first-order valence-corrected chi connectivity index (χ1v) is 14.2. The Morgan fingerprint density at radius 3 is 2.20 bits per heavy atom. The van der Waals surface area contributed by atoms with Crippen LogP contribution in [0.25, 0.3) is 0 Å². The average Bonchev–Trinajstić information content (AvgIpc) is 2.91. The predicted molar refractivity (Wildman–Crippen MR) is 152 cm³/mol. The van der Waals surface area contributed by atoms with Crippen molar-refractivity contribution in [2.24, 2.45) is 5.73 Å². The first-order chi connectivity index (χ1) is 20.3. The molecule has 0 fully saturated rings. The third-order valence-electron chi connectivity index (χ3n) is 7.01. The molecule has 0 radical (unpaired) electrons. The van der Waals surface area contributed by atoms with Crippen molar-refractivity contribution < 1.29 is 40.6 Å². The first kappa shape index (κ1) is 33.4. The Labute approximate surface area is 258 Å². The third kappa shape index (κ3) is 7.09. The van der Waals surface area contributed by atoms with Gasteiger partial charge < -0.3 is 15.2 Å². The fourth-order valence-electron chi connectivity index (χ4n) is 4.92. The predicted octanol–water partition coefficient (Wildman–Crippen LogP) is 7.61. The molecular weight excluding hydrogens is 660 g/mol. The highest BCUT2D eigenvalue weighted by Gasteiger charge is 2.48. The quantitative estimate of drug-likeness (QED) is 0.275. The molecule has 1 aromatic carbocycles. The summed E-state index contributed by atoms with van der Waals surface area (Å²) >= 11 is 3.28. The summed E-state index contributed by atoms with van der Waals surface area (Å²) in [6.07, 6.45) is -9.35. The zero-order chi connectivity index (χ0) is 32.8. The molecule has 44 heavy (non-hydrogen) atoms. The van der Waals surface area contributed by atoms with Crippen molar-refractivity contribution in [2.75, 3.05) is 12.0 Å². The summed E-state index contributed by atoms with van der Waals surface area (Å²) in [6.45, 7) is 6.94. The van der Waals surface area contributed by atoms with E-state index in [1.807, 2.05) is 0 Å². The van der Waals surface area contributed by atoms with Gasteiger partial charge in [-0.3, -0.25) is 4.90 Å². The summed E-state index contributed by atoms with van der Waals surface area (Å²) in [5.74, 6) is -0.358. The van der Waals surface area contributed by atoms with Crippen LogP contribution in [0.4, 0.5) is 36.8 Å². The molecule has 1 aliphatic rings. The van der Waals surface area contributed by atoms with Crippen LogP contribution in [-0.4, -0.2) is 39.4 Å². The normalized spacial score (nSPS) is 19.0. The van der Waals surface area contributed by atoms with Gasteiger partial charge in [-0.15, -0.1) is 0 Å². The lowest BCUT2D eigenvalue weighted by Gasteiger charge is -2.46. The molecule has 0 unspecified atom stereocenters. The van der Waals surface area contributed by atoms with Gasteiger partial charge in [0.15, 0.2) is 0 Å². The second-order valence-electron chi connectivity index (χ2n) is 11.4. The number of benzene rings is 1. The van der Waals surface area contributed by atoms with E-state index in [-0.39, 0.29) is 52.8 Å². The molecule has 2 atom stereocenters. The van der Waals surface area contributed by atoms with Gasteiger partial charge in [0, 0.05) is 18.7 Å². The summed E-state index contributed by atoms with van der Waals surface area (Å²) in [5.41, 5.74) is 2.39. The van der Waals surface area contributed by atoms with Crippen LogP contribution >= 0.6 is 15.9 Å². The first-order valence-electron chi connectivity index (χ1n) is 13.4. The molecule has 3 heterocycles. The van der Waals surface area contributed by atoms with Crippen LogP contribution in [0.2, 0.25) is 0 Å². The van der Waals surface area contributed by atoms with Gasteiger partial charge in [0.1, 0.15) is 17.1 Å². The van der Waals surface area contributed by atoms with E-state index in [2.05, 4.69) is 30.9 Å². The number of hydrogen-bond acceptors (Lipinski definition) is 7. The molecule has 0 saturated heterocycles. The Morgan fingerprint density at radius 1 is 1.07 bits per heavy atom. The van der Waals surface area contributed by atoms with Gasteiger partial charge >= 0.3 is 18.4 Å². The van der Waals surface area contributed by atoms with Crippen molar-refractivity contribution in [2.45, 2.75) is 76.5 Å². The third-order valence-corrected chi connectivity index (χ3v) is 7.68. The van der Waals surface area contributed by atoms with Crippen molar-refractivity contribution in [3.63, 3.8) is 0 Å². The number of nitrogens with zero attached hydrogens (tertiary/aromatic N) is 4. The van der Waals surface area contributed by atoms with Gasteiger partial charge in [-0.2, -0.15) is 26.3 Å². The summed E-state index contributed by atoms with van der Waals surface area (Å²) < 4.78 is 92.1. The molecule has 3 aromatic rings. The van der Waals surface area contributed by atoms with Crippen molar-refractivity contribution in [1.82, 2.24) is 15.0 Å². The van der Waals surface area contributed by atoms with Crippen LogP contribution in [0.1, 0.15) is 80.4 Å². The molecular formula is C29H30BrF6N5O3. The van der Waals surface area contributed by atoms with E-state index in [4.69, 9.17) is 15.2 Å². The number of hydrogen-bond donors (Lipinski definition) is 1. The smallest absolute Gasteiger partial charge is 0.416 e. The van der Waals surface area contributed by atoms with E-state index in [0.717, 1.165) is 0 Å². The van der Waals surface area contributed by atoms with Gasteiger partial charge in [0.25, 0.3) is 0 Å². The minimum absolute atomic E-state index is 0.0682. The number of carbonyl (C=O) groups is 1. The number of amides is 1. The summed E-state index contributed by atoms with van der Waals surface area (Å²) in [5, 5.41) is 0. The minimum Gasteiger partial charge on any atom is -0.481 e. The summed E-state index contributed by atoms with van der Waals surface area (Å²) in [7, 11) is 1.41. The fourth-order valence-corrected chi connectivity index (χ4v) is 5.25. The summed E-state index contributed by atoms with van der Waals surface area (Å²) in [6, 6.07) is 4.55. The molecule has 238 valence electrons. The highest BCUT2D eigenvalue weighted by Crippen LogP contribution is 2.46. The molecule has 0 bridgehead atoms. The number of methoxy groups -OCH3 is 1. The monoisotopic (exact) mass is 689 g/mol. The number of fused-ring (bicyclic) bond motifs is 1. The lowest BCUT2D eigenvalue weighted by Crippen LogP contribution is -2.62. The Balaban J connectivity index is 1.83. The lowest BCUT2D eigenvalue weighted by atomic mass is 9.83. The van der Waals surface area contributed by atoms with E-state index in [0.29, 0.717) is 23.5 Å². The molecule has 0 saturated carbocycles. The van der Waals surface area contributed by atoms with Crippen molar-refractivity contribution in [3.8, 4) is 5.88 Å². The number of rotatable bonds is 5. The molecule has 8 nitrogen and oxygen atoms in total. The number of pyridine rings is 1. The highest BCUT2D eigenvalue weighted by molar-refractivity contribution is 9.10. The van der Waals surface area contributed by atoms with Gasteiger partial charge in [0.2, 0.25) is 5.88 Å². The van der Waals surface area contributed by atoms with Gasteiger partial charge in [-0.1, -0.05) is 6.92 Å². The summed E-state index contributed by atoms with van der Waals surface area (Å²) in [4.78, 5) is 28.3. The van der Waals surface area contributed by atoms with Crippen molar-refractivity contribution in [1.29, 1.82) is 0 Å². The Bertz CT molecular complexity index is 1530. The Morgan fingerprint density at radius 2 is 1.68 bits per heavy atom. The number of halogens is 7. The Kier molecular flexibility index (Phi) is 8.97. The number of aromatic nitrogens is 3. The van der Waals surface area contributed by atoms with E-state index in [1.54, 1.807) is 39.8 Å². The number of nitrogens with two attached hydrogens (primary N) is 1. The standard InChI is InChI=1S/C29H30BrF6N5O3/c1-6-27(37)13-18(23-21(7-8-22(40-23)43-5)41(27)25(42)44-26(2,3)4)24-38-14-19(30)20(39-24)11-15-9-16(28(31,32)33)12-17(10-15)29(34,35)36/h7-10,12,14,18H,6,11,13,37H2,1-5H3/t18-,27+/m0/s1. The zero-order valence-corrected chi connectivity index (χ0v) is 26.0. The van der Waals surface area contributed by atoms with Crippen molar-refractivity contribution in [3.05, 3.63) is 74.9 Å². The van der Waals surface area contributed by atoms with Crippen LogP contribution in [-0.2, 0) is 23.5 Å². The van der Waals surface area contributed by atoms with E-state index < -0.39 is 46.8 Å². The van der Waals surface area contributed by atoms with Crippen LogP contribution in [0.5, 0.6) is 5.88 Å². The van der Waals surface area contributed by atoms with Gasteiger partial charge in [-0.05, 0) is 79.4 Å². The number of carbonyl (C=O) groups excluding carboxylic acids is 1. The average molecular weight is 690 g/mol. The molecule has 1 aliphatic heterocycles. The lowest BCUT2D eigenvalue weighted by molar-refractivity contribution is -0.143. The molecule has 1 amide bonds. The van der Waals surface area contributed by atoms with Gasteiger partial charge in [0.05, 0.1) is 45.7 Å². The second-order valence-corrected chi connectivity index (χ2v) is 12.3.